The summed E-state index contributed by atoms with van der Waals surface area (Å²) in [7, 11) is 0. The van der Waals surface area contributed by atoms with E-state index in [9.17, 15) is 14.5 Å². The van der Waals surface area contributed by atoms with Crippen molar-refractivity contribution in [3.8, 4) is 6.07 Å². The Kier molecular flexibility index (Phi) is 3.78. The van der Waals surface area contributed by atoms with Crippen LogP contribution in [-0.4, -0.2) is 4.92 Å². The van der Waals surface area contributed by atoms with Crippen LogP contribution in [0, 0.1) is 27.3 Å². The van der Waals surface area contributed by atoms with E-state index in [1.807, 2.05) is 6.07 Å². The molecular weight excluding hydrogens is 225 g/mol. The van der Waals surface area contributed by atoms with Gasteiger partial charge in [0.25, 0.3) is 5.69 Å². The molecule has 0 heterocycles. The number of allylic oxidation sites excluding steroid dienone is 1. The van der Waals surface area contributed by atoms with Gasteiger partial charge < -0.3 is 5.73 Å². The summed E-state index contributed by atoms with van der Waals surface area (Å²) in [6.45, 7) is 1.71. The molecule has 0 radical (unpaired) electrons. The Labute approximate surface area is 97.1 Å². The Hall–Kier alpha value is -2.42. The number of nitro benzene ring substituents is 1. The van der Waals surface area contributed by atoms with Gasteiger partial charge in [-0.2, -0.15) is 5.26 Å². The summed E-state index contributed by atoms with van der Waals surface area (Å²) in [6, 6.07) is 4.93. The second kappa shape index (κ2) is 5.07. The summed E-state index contributed by atoms with van der Waals surface area (Å²) in [5.74, 6) is -0.719. The first kappa shape index (κ1) is 12.6. The molecule has 0 fully saturated rings. The standard InChI is InChI=1S/C11H10FN3O2/c1-2-7(6-13)11(14)9-4-3-8(12)5-10(9)15(16)17/h3-5H,2,14H2,1H3/b11-7-. The van der Waals surface area contributed by atoms with Gasteiger partial charge in [-0.05, 0) is 18.6 Å². The van der Waals surface area contributed by atoms with Crippen LogP contribution in [0.2, 0.25) is 0 Å². The molecule has 0 saturated heterocycles. The predicted molar refractivity (Wildman–Crippen MR) is 60.1 cm³/mol. The summed E-state index contributed by atoms with van der Waals surface area (Å²) in [4.78, 5) is 10.0. The Morgan fingerprint density at radius 1 is 1.65 bits per heavy atom. The molecule has 17 heavy (non-hydrogen) atoms. The summed E-state index contributed by atoms with van der Waals surface area (Å²) in [6.07, 6.45) is 0.358. The van der Waals surface area contributed by atoms with Crippen molar-refractivity contribution in [3.63, 3.8) is 0 Å². The number of halogens is 1. The second-order valence-electron chi connectivity index (χ2n) is 3.28. The fourth-order valence-corrected chi connectivity index (χ4v) is 1.38. The van der Waals surface area contributed by atoms with Gasteiger partial charge in [-0.3, -0.25) is 10.1 Å². The van der Waals surface area contributed by atoms with Crippen molar-refractivity contribution in [3.05, 3.63) is 45.3 Å². The maximum atomic E-state index is 12.9. The lowest BCUT2D eigenvalue weighted by atomic mass is 10.0. The van der Waals surface area contributed by atoms with Crippen LogP contribution < -0.4 is 5.73 Å². The highest BCUT2D eigenvalue weighted by Crippen LogP contribution is 2.26. The van der Waals surface area contributed by atoms with Crippen LogP contribution >= 0.6 is 0 Å². The Bertz CT molecular complexity index is 532. The van der Waals surface area contributed by atoms with E-state index in [0.717, 1.165) is 12.1 Å². The molecule has 5 nitrogen and oxygen atoms in total. The van der Waals surface area contributed by atoms with Crippen molar-refractivity contribution in [1.29, 1.82) is 5.26 Å². The normalized spacial score (nSPS) is 11.6. The van der Waals surface area contributed by atoms with Crippen LogP contribution in [0.15, 0.2) is 23.8 Å². The third-order valence-electron chi connectivity index (χ3n) is 2.26. The molecule has 0 bridgehead atoms. The van der Waals surface area contributed by atoms with E-state index >= 15 is 0 Å². The number of nitrogens with zero attached hydrogens (tertiary/aromatic N) is 2. The minimum absolute atomic E-state index is 0.0155. The molecule has 0 atom stereocenters. The van der Waals surface area contributed by atoms with Gasteiger partial charge in [0.2, 0.25) is 0 Å². The molecule has 0 unspecified atom stereocenters. The number of hydrogen-bond acceptors (Lipinski definition) is 4. The van der Waals surface area contributed by atoms with Gasteiger partial charge in [0.15, 0.2) is 0 Å². The highest BCUT2D eigenvalue weighted by Gasteiger charge is 2.18. The zero-order valence-electron chi connectivity index (χ0n) is 9.11. The van der Waals surface area contributed by atoms with E-state index < -0.39 is 16.4 Å². The van der Waals surface area contributed by atoms with Crippen LogP contribution in [0.3, 0.4) is 0 Å². The fourth-order valence-electron chi connectivity index (χ4n) is 1.38. The lowest BCUT2D eigenvalue weighted by Crippen LogP contribution is -2.04. The van der Waals surface area contributed by atoms with Crippen molar-refractivity contribution < 1.29 is 9.31 Å². The molecule has 88 valence electrons. The number of benzene rings is 1. The largest absolute Gasteiger partial charge is 0.397 e. The van der Waals surface area contributed by atoms with Gasteiger partial charge in [0.05, 0.1) is 33.9 Å². The van der Waals surface area contributed by atoms with Crippen LogP contribution in [0.5, 0.6) is 0 Å². The average molecular weight is 235 g/mol. The zero-order chi connectivity index (χ0) is 13.0. The third kappa shape index (κ3) is 2.58. The molecule has 0 aliphatic heterocycles. The molecule has 0 amide bonds. The first-order valence-electron chi connectivity index (χ1n) is 4.84. The maximum absolute atomic E-state index is 12.9. The van der Waals surface area contributed by atoms with E-state index in [-0.39, 0.29) is 16.8 Å². The van der Waals surface area contributed by atoms with Crippen molar-refractivity contribution in [2.75, 3.05) is 0 Å². The monoisotopic (exact) mass is 235 g/mol. The van der Waals surface area contributed by atoms with Crippen LogP contribution in [0.4, 0.5) is 10.1 Å². The van der Waals surface area contributed by atoms with E-state index in [4.69, 9.17) is 11.0 Å². The fraction of sp³-hybridized carbons (Fsp3) is 0.182. The highest BCUT2D eigenvalue weighted by molar-refractivity contribution is 5.75. The molecule has 2 N–H and O–H groups in total. The maximum Gasteiger partial charge on any atom is 0.281 e. The summed E-state index contributed by atoms with van der Waals surface area (Å²) >= 11 is 0. The van der Waals surface area contributed by atoms with Crippen molar-refractivity contribution in [2.24, 2.45) is 5.73 Å². The van der Waals surface area contributed by atoms with Gasteiger partial charge in [0.1, 0.15) is 5.82 Å². The van der Waals surface area contributed by atoms with Crippen molar-refractivity contribution >= 4 is 11.4 Å². The summed E-state index contributed by atoms with van der Waals surface area (Å²) < 4.78 is 12.9. The SMILES string of the molecule is CC/C(C#N)=C(/N)c1ccc(F)cc1[N+](=O)[O-]. The van der Waals surface area contributed by atoms with Crippen LogP contribution in [-0.2, 0) is 0 Å². The van der Waals surface area contributed by atoms with E-state index in [2.05, 4.69) is 0 Å². The topological polar surface area (TPSA) is 93.0 Å². The van der Waals surface area contributed by atoms with Gasteiger partial charge in [0, 0.05) is 0 Å². The van der Waals surface area contributed by atoms with Crippen molar-refractivity contribution in [2.45, 2.75) is 13.3 Å². The van der Waals surface area contributed by atoms with E-state index in [1.54, 1.807) is 6.92 Å². The highest BCUT2D eigenvalue weighted by atomic mass is 19.1. The van der Waals surface area contributed by atoms with Gasteiger partial charge in [-0.25, -0.2) is 4.39 Å². The minimum atomic E-state index is -0.726. The minimum Gasteiger partial charge on any atom is -0.397 e. The van der Waals surface area contributed by atoms with Gasteiger partial charge in [-0.15, -0.1) is 0 Å². The first-order chi connectivity index (χ1) is 8.01. The number of rotatable bonds is 3. The zero-order valence-corrected chi connectivity index (χ0v) is 9.11. The molecule has 0 aromatic heterocycles. The average Bonchev–Trinajstić information content (AvgIpc) is 2.30. The summed E-state index contributed by atoms with van der Waals surface area (Å²) in [5.41, 5.74) is 5.55. The molecule has 6 heteroatoms. The third-order valence-corrected chi connectivity index (χ3v) is 2.26. The number of nitro groups is 1. The second-order valence-corrected chi connectivity index (χ2v) is 3.28. The number of hydrogen-bond donors (Lipinski definition) is 1. The number of nitriles is 1. The van der Waals surface area contributed by atoms with Gasteiger partial charge in [-0.1, -0.05) is 6.92 Å². The van der Waals surface area contributed by atoms with Crippen molar-refractivity contribution in [1.82, 2.24) is 0 Å². The van der Waals surface area contributed by atoms with Gasteiger partial charge >= 0.3 is 0 Å². The molecular formula is C11H10FN3O2. The molecule has 1 aromatic carbocycles. The molecule has 1 aromatic rings. The first-order valence-corrected chi connectivity index (χ1v) is 4.84. The van der Waals surface area contributed by atoms with E-state index in [0.29, 0.717) is 6.42 Å². The van der Waals surface area contributed by atoms with Crippen LogP contribution in [0.1, 0.15) is 18.9 Å². The molecule has 0 aliphatic rings. The predicted octanol–water partition coefficient (Wildman–Crippen LogP) is 2.34. The van der Waals surface area contributed by atoms with E-state index in [1.165, 1.54) is 6.07 Å². The summed E-state index contributed by atoms with van der Waals surface area (Å²) in [5, 5.41) is 19.6. The molecule has 0 aliphatic carbocycles. The molecule has 0 spiro atoms. The molecule has 0 saturated carbocycles. The lowest BCUT2D eigenvalue weighted by molar-refractivity contribution is -0.385. The lowest BCUT2D eigenvalue weighted by Gasteiger charge is -2.05. The Morgan fingerprint density at radius 2 is 2.29 bits per heavy atom. The number of nitrogens with two attached hydrogens (primary N) is 1. The Morgan fingerprint density at radius 3 is 2.76 bits per heavy atom. The quantitative estimate of drug-likeness (QED) is 0.494. The smallest absolute Gasteiger partial charge is 0.281 e. The molecule has 1 rings (SSSR count). The van der Waals surface area contributed by atoms with Crippen LogP contribution in [0.25, 0.3) is 5.70 Å². The Balaban J connectivity index is 3.47.